The maximum Gasteiger partial charge on any atom is 0.174 e. The molecule has 0 aromatic heterocycles. The van der Waals surface area contributed by atoms with Crippen LogP contribution >= 0.6 is 0 Å². The topological polar surface area (TPSA) is 78.8 Å². The van der Waals surface area contributed by atoms with Gasteiger partial charge < -0.3 is 20.3 Å². The van der Waals surface area contributed by atoms with Crippen LogP contribution in [0.1, 0.15) is 36.8 Å². The summed E-state index contributed by atoms with van der Waals surface area (Å²) < 4.78 is 5.92. The first kappa shape index (κ1) is 14.0. The highest BCUT2D eigenvalue weighted by atomic mass is 16.5. The quantitative estimate of drug-likeness (QED) is 0.777. The van der Waals surface area contributed by atoms with Gasteiger partial charge in [-0.3, -0.25) is 4.79 Å². The third-order valence-corrected chi connectivity index (χ3v) is 5.84. The molecule has 5 heteroatoms. The number of aromatic hydroxyl groups is 1. The van der Waals surface area contributed by atoms with Crippen molar-refractivity contribution in [1.29, 1.82) is 0 Å². The Hall–Kier alpha value is -1.59. The zero-order valence-electron chi connectivity index (χ0n) is 12.7. The van der Waals surface area contributed by atoms with Crippen molar-refractivity contribution in [2.75, 3.05) is 13.6 Å². The fourth-order valence-electron chi connectivity index (χ4n) is 4.78. The molecule has 0 saturated heterocycles. The molecule has 2 aliphatic carbocycles. The number of benzene rings is 1. The van der Waals surface area contributed by atoms with E-state index >= 15 is 0 Å². The molecule has 1 aromatic carbocycles. The Morgan fingerprint density at radius 1 is 1.36 bits per heavy atom. The molecule has 1 aromatic rings. The van der Waals surface area contributed by atoms with Gasteiger partial charge in [0.1, 0.15) is 0 Å². The van der Waals surface area contributed by atoms with Gasteiger partial charge in [0.05, 0.1) is 11.0 Å². The number of carbonyl (C=O) groups is 1. The van der Waals surface area contributed by atoms with Gasteiger partial charge in [-0.15, -0.1) is 0 Å². The maximum atomic E-state index is 12.5. The molecule has 0 bridgehead atoms. The minimum atomic E-state index is -0.936. The molecule has 5 nitrogen and oxygen atoms in total. The fraction of sp³-hybridized carbons (Fsp3) is 0.588. The number of Topliss-reactive ketones (excluding diaryl/α,β-unsaturated/α-hetero) is 1. The number of ether oxygens (including phenoxy) is 1. The van der Waals surface area contributed by atoms with Crippen molar-refractivity contribution in [3.63, 3.8) is 0 Å². The summed E-state index contributed by atoms with van der Waals surface area (Å²) in [6, 6.07) is 3.53. The smallest absolute Gasteiger partial charge is 0.174 e. The lowest BCUT2D eigenvalue weighted by Gasteiger charge is -2.53. The monoisotopic (exact) mass is 303 g/mol. The largest absolute Gasteiger partial charge is 0.504 e. The summed E-state index contributed by atoms with van der Waals surface area (Å²) in [7, 11) is 1.86. The van der Waals surface area contributed by atoms with E-state index in [0.29, 0.717) is 38.0 Å². The Morgan fingerprint density at radius 3 is 2.91 bits per heavy atom. The average molecular weight is 303 g/mol. The summed E-state index contributed by atoms with van der Waals surface area (Å²) >= 11 is 0. The molecular weight excluding hydrogens is 282 g/mol. The van der Waals surface area contributed by atoms with Crippen LogP contribution in [-0.4, -0.2) is 41.3 Å². The fourth-order valence-corrected chi connectivity index (χ4v) is 4.78. The lowest BCUT2D eigenvalue weighted by Crippen LogP contribution is -2.65. The molecular formula is C17H21NO4. The molecule has 4 rings (SSSR count). The van der Waals surface area contributed by atoms with Gasteiger partial charge in [0.15, 0.2) is 23.4 Å². The Kier molecular flexibility index (Phi) is 2.84. The van der Waals surface area contributed by atoms with E-state index in [0.717, 1.165) is 17.5 Å². The van der Waals surface area contributed by atoms with E-state index in [1.807, 2.05) is 13.1 Å². The molecule has 118 valence electrons. The van der Waals surface area contributed by atoms with Gasteiger partial charge in [-0.05, 0) is 50.9 Å². The second-order valence-electron chi connectivity index (χ2n) is 6.77. The molecule has 3 atom stereocenters. The predicted octanol–water partition coefficient (Wildman–Crippen LogP) is 1.04. The highest BCUT2D eigenvalue weighted by molar-refractivity contribution is 5.89. The molecule has 0 amide bonds. The summed E-state index contributed by atoms with van der Waals surface area (Å²) in [6.07, 6.45) is 2.16. The summed E-state index contributed by atoms with van der Waals surface area (Å²) in [5.41, 5.74) is 0.293. The van der Waals surface area contributed by atoms with Crippen molar-refractivity contribution in [2.24, 2.45) is 0 Å². The van der Waals surface area contributed by atoms with E-state index in [1.165, 1.54) is 0 Å². The number of nitrogens with one attached hydrogen (secondary N) is 1. The molecule has 3 unspecified atom stereocenters. The number of rotatable bonds is 3. The van der Waals surface area contributed by atoms with Crippen LogP contribution in [0.4, 0.5) is 0 Å². The first-order valence-corrected chi connectivity index (χ1v) is 7.95. The van der Waals surface area contributed by atoms with Crippen LogP contribution in [0.3, 0.4) is 0 Å². The Bertz CT molecular complexity index is 658. The zero-order chi connectivity index (χ0) is 15.5. The van der Waals surface area contributed by atoms with Gasteiger partial charge in [0, 0.05) is 12.0 Å². The van der Waals surface area contributed by atoms with Crippen molar-refractivity contribution in [3.05, 3.63) is 23.3 Å². The highest BCUT2D eigenvalue weighted by Gasteiger charge is 2.67. The van der Waals surface area contributed by atoms with Gasteiger partial charge in [-0.2, -0.15) is 0 Å². The number of hydrogen-bond donors (Lipinski definition) is 3. The number of carbonyl (C=O) groups excluding carboxylic acids is 1. The third-order valence-electron chi connectivity index (χ3n) is 5.84. The van der Waals surface area contributed by atoms with Crippen LogP contribution in [0, 0.1) is 0 Å². The van der Waals surface area contributed by atoms with E-state index in [4.69, 9.17) is 4.74 Å². The molecule has 1 saturated carbocycles. The van der Waals surface area contributed by atoms with Gasteiger partial charge >= 0.3 is 0 Å². The van der Waals surface area contributed by atoms with Crippen LogP contribution in [-0.2, 0) is 16.6 Å². The Morgan fingerprint density at radius 2 is 2.14 bits per heavy atom. The predicted molar refractivity (Wildman–Crippen MR) is 80.3 cm³/mol. The molecule has 1 aliphatic heterocycles. The molecule has 1 fully saturated rings. The van der Waals surface area contributed by atoms with Crippen LogP contribution in [0.15, 0.2) is 12.1 Å². The summed E-state index contributed by atoms with van der Waals surface area (Å²) in [5, 5.41) is 24.7. The van der Waals surface area contributed by atoms with Gasteiger partial charge in [-0.1, -0.05) is 6.07 Å². The number of phenols is 1. The lowest BCUT2D eigenvalue weighted by atomic mass is 9.52. The first-order valence-electron chi connectivity index (χ1n) is 7.95. The zero-order valence-corrected chi connectivity index (χ0v) is 12.7. The average Bonchev–Trinajstić information content (AvgIpc) is 2.88. The van der Waals surface area contributed by atoms with E-state index in [-0.39, 0.29) is 11.5 Å². The number of hydrogen-bond acceptors (Lipinski definition) is 5. The lowest BCUT2D eigenvalue weighted by molar-refractivity contribution is -0.153. The van der Waals surface area contributed by atoms with E-state index in [9.17, 15) is 15.0 Å². The molecule has 22 heavy (non-hydrogen) atoms. The summed E-state index contributed by atoms with van der Waals surface area (Å²) in [5.74, 6) is 0.505. The summed E-state index contributed by atoms with van der Waals surface area (Å²) in [4.78, 5) is 12.5. The highest BCUT2D eigenvalue weighted by Crippen LogP contribution is 2.62. The number of aliphatic hydroxyl groups is 1. The minimum Gasteiger partial charge on any atom is -0.504 e. The standard InChI is InChI=1S/C17H21NO4/c1-18-9-8-17-13-10-2-3-11(19)14(13)22-15(17)12(20)5-7-16(17,21)6-4-10/h2-3,15,18-19,21H,4-9H2,1H3. The van der Waals surface area contributed by atoms with Crippen molar-refractivity contribution < 1.29 is 19.7 Å². The third kappa shape index (κ3) is 1.48. The van der Waals surface area contributed by atoms with Crippen molar-refractivity contribution >= 4 is 5.78 Å². The maximum absolute atomic E-state index is 12.5. The number of aryl methyl sites for hydroxylation is 1. The Balaban J connectivity index is 1.99. The van der Waals surface area contributed by atoms with Crippen molar-refractivity contribution in [3.8, 4) is 11.5 Å². The second kappa shape index (κ2) is 4.46. The number of phenolic OH excluding ortho intramolecular Hbond substituents is 1. The van der Waals surface area contributed by atoms with E-state index in [2.05, 4.69) is 5.32 Å². The Labute approximate surface area is 129 Å². The molecule has 1 heterocycles. The molecule has 0 spiro atoms. The first-order chi connectivity index (χ1) is 10.5. The van der Waals surface area contributed by atoms with Crippen LogP contribution in [0.2, 0.25) is 0 Å². The summed E-state index contributed by atoms with van der Waals surface area (Å²) in [6.45, 7) is 0.685. The molecule has 0 radical (unpaired) electrons. The van der Waals surface area contributed by atoms with Crippen LogP contribution < -0.4 is 10.1 Å². The van der Waals surface area contributed by atoms with Crippen LogP contribution in [0.5, 0.6) is 11.5 Å². The van der Waals surface area contributed by atoms with Crippen LogP contribution in [0.25, 0.3) is 0 Å². The molecule has 3 aliphatic rings. The van der Waals surface area contributed by atoms with Gasteiger partial charge in [0.2, 0.25) is 0 Å². The second-order valence-corrected chi connectivity index (χ2v) is 6.77. The normalized spacial score (nSPS) is 35.2. The van der Waals surface area contributed by atoms with E-state index < -0.39 is 17.1 Å². The van der Waals surface area contributed by atoms with E-state index in [1.54, 1.807) is 6.07 Å². The number of ketones is 1. The SMILES string of the molecule is CNCCC12c3c4ccc(O)c3OC1C(=O)CCC2(O)CC4. The van der Waals surface area contributed by atoms with Gasteiger partial charge in [0.25, 0.3) is 0 Å². The van der Waals surface area contributed by atoms with Gasteiger partial charge in [-0.25, -0.2) is 0 Å². The minimum absolute atomic E-state index is 0.0317. The molecule has 3 N–H and O–H groups in total. The van der Waals surface area contributed by atoms with Crippen molar-refractivity contribution in [2.45, 2.75) is 49.2 Å². The van der Waals surface area contributed by atoms with Crippen molar-refractivity contribution in [1.82, 2.24) is 5.32 Å².